The molecule has 0 spiro atoms. The number of nitrogens with zero attached hydrogens (tertiary/aromatic N) is 5. The van der Waals surface area contributed by atoms with Crippen LogP contribution in [-0.4, -0.2) is 24.3 Å². The van der Waals surface area contributed by atoms with Gasteiger partial charge in [0.2, 0.25) is 0 Å². The normalized spacial score (nSPS) is 11.1. The third-order valence-electron chi connectivity index (χ3n) is 3.77. The van der Waals surface area contributed by atoms with Crippen molar-refractivity contribution in [2.75, 3.05) is 0 Å². The monoisotopic (exact) mass is 359 g/mol. The minimum absolute atomic E-state index is 0.0543. The van der Waals surface area contributed by atoms with Gasteiger partial charge in [0.25, 0.3) is 11.2 Å². The van der Waals surface area contributed by atoms with Crippen LogP contribution in [0.1, 0.15) is 19.4 Å². The maximum absolute atomic E-state index is 12.6. The van der Waals surface area contributed by atoms with Crippen LogP contribution >= 0.6 is 11.8 Å². The van der Waals surface area contributed by atoms with Gasteiger partial charge in [0.1, 0.15) is 5.52 Å². The summed E-state index contributed by atoms with van der Waals surface area (Å²) in [6.07, 6.45) is 1.76. The molecule has 8 nitrogen and oxygen atoms in total. The Balaban J connectivity index is 1.94. The first-order valence-corrected chi connectivity index (χ1v) is 8.86. The van der Waals surface area contributed by atoms with E-state index in [2.05, 4.69) is 10.1 Å². The van der Waals surface area contributed by atoms with Crippen molar-refractivity contribution in [3.63, 3.8) is 0 Å². The molecule has 0 fully saturated rings. The molecule has 130 valence electrons. The SMILES string of the molecule is CCn1cc2nc(SCc3cccc([N+](=O)[O-])c3)n(CC)c(=O)c2n1. The van der Waals surface area contributed by atoms with Gasteiger partial charge in [0.15, 0.2) is 10.7 Å². The fourth-order valence-corrected chi connectivity index (χ4v) is 3.49. The number of hydrogen-bond donors (Lipinski definition) is 0. The van der Waals surface area contributed by atoms with E-state index in [4.69, 9.17) is 0 Å². The first-order valence-electron chi connectivity index (χ1n) is 7.87. The van der Waals surface area contributed by atoms with Crippen LogP contribution < -0.4 is 5.56 Å². The molecular formula is C16H17N5O3S. The Morgan fingerprint density at radius 3 is 2.76 bits per heavy atom. The summed E-state index contributed by atoms with van der Waals surface area (Å²) in [7, 11) is 0. The number of fused-ring (bicyclic) bond motifs is 1. The maximum atomic E-state index is 12.6. The lowest BCUT2D eigenvalue weighted by molar-refractivity contribution is -0.384. The van der Waals surface area contributed by atoms with Crippen molar-refractivity contribution in [2.45, 2.75) is 37.8 Å². The number of nitro groups is 1. The summed E-state index contributed by atoms with van der Waals surface area (Å²) >= 11 is 1.38. The minimum atomic E-state index is -0.417. The van der Waals surface area contributed by atoms with Crippen molar-refractivity contribution in [3.8, 4) is 0 Å². The molecule has 0 aliphatic heterocycles. The Morgan fingerprint density at radius 2 is 2.08 bits per heavy atom. The molecule has 0 unspecified atom stereocenters. The average molecular weight is 359 g/mol. The van der Waals surface area contributed by atoms with Crippen molar-refractivity contribution in [1.29, 1.82) is 0 Å². The van der Waals surface area contributed by atoms with Crippen LogP contribution in [0.5, 0.6) is 0 Å². The van der Waals surface area contributed by atoms with E-state index >= 15 is 0 Å². The lowest BCUT2D eigenvalue weighted by Gasteiger charge is -2.09. The number of thioether (sulfide) groups is 1. The van der Waals surface area contributed by atoms with Gasteiger partial charge in [-0.25, -0.2) is 4.98 Å². The molecule has 0 bridgehead atoms. The van der Waals surface area contributed by atoms with Gasteiger partial charge in [-0.05, 0) is 19.4 Å². The molecule has 0 saturated carbocycles. The molecule has 9 heteroatoms. The van der Waals surface area contributed by atoms with E-state index in [0.29, 0.717) is 35.0 Å². The highest BCUT2D eigenvalue weighted by Gasteiger charge is 2.14. The molecule has 0 aliphatic rings. The van der Waals surface area contributed by atoms with Gasteiger partial charge in [-0.15, -0.1) is 0 Å². The number of nitro benzene ring substituents is 1. The summed E-state index contributed by atoms with van der Waals surface area (Å²) in [6.45, 7) is 4.97. The van der Waals surface area contributed by atoms with Crippen molar-refractivity contribution >= 4 is 28.5 Å². The first-order chi connectivity index (χ1) is 12.0. The van der Waals surface area contributed by atoms with Crippen LogP contribution in [0.25, 0.3) is 11.0 Å². The summed E-state index contributed by atoms with van der Waals surface area (Å²) in [5.74, 6) is 0.488. The molecule has 25 heavy (non-hydrogen) atoms. The summed E-state index contributed by atoms with van der Waals surface area (Å²) in [5, 5.41) is 15.7. The number of rotatable bonds is 6. The Hall–Kier alpha value is -2.68. The molecule has 3 rings (SSSR count). The highest BCUT2D eigenvalue weighted by molar-refractivity contribution is 7.98. The van der Waals surface area contributed by atoms with Crippen LogP contribution in [0.3, 0.4) is 0 Å². The van der Waals surface area contributed by atoms with Crippen molar-refractivity contribution in [3.05, 3.63) is 56.5 Å². The molecule has 2 aromatic heterocycles. The summed E-state index contributed by atoms with van der Waals surface area (Å²) in [6, 6.07) is 6.47. The van der Waals surface area contributed by atoms with E-state index < -0.39 is 4.92 Å². The predicted octanol–water partition coefficient (Wildman–Crippen LogP) is 2.83. The number of benzene rings is 1. The summed E-state index contributed by atoms with van der Waals surface area (Å²) in [4.78, 5) is 27.6. The second-order valence-electron chi connectivity index (χ2n) is 5.38. The second-order valence-corrected chi connectivity index (χ2v) is 6.32. The lowest BCUT2D eigenvalue weighted by Crippen LogP contribution is -2.22. The number of hydrogen-bond acceptors (Lipinski definition) is 6. The quantitative estimate of drug-likeness (QED) is 0.291. The molecule has 0 amide bonds. The number of aromatic nitrogens is 4. The largest absolute Gasteiger partial charge is 0.286 e. The molecular weight excluding hydrogens is 342 g/mol. The van der Waals surface area contributed by atoms with Gasteiger partial charge in [-0.1, -0.05) is 23.9 Å². The smallest absolute Gasteiger partial charge is 0.282 e. The van der Waals surface area contributed by atoms with Gasteiger partial charge in [-0.3, -0.25) is 24.2 Å². The Bertz CT molecular complexity index is 995. The zero-order chi connectivity index (χ0) is 18.0. The standard InChI is InChI=1S/C16H17N5O3S/c1-3-19-9-13-14(18-19)15(22)20(4-2)16(17-13)25-10-11-6-5-7-12(8-11)21(23)24/h5-9H,3-4,10H2,1-2H3. The van der Waals surface area contributed by atoms with E-state index in [0.717, 1.165) is 5.56 Å². The third-order valence-corrected chi connectivity index (χ3v) is 4.81. The van der Waals surface area contributed by atoms with Crippen LogP contribution in [0, 0.1) is 10.1 Å². The average Bonchev–Trinajstić information content (AvgIpc) is 3.04. The van der Waals surface area contributed by atoms with Gasteiger partial charge in [0.05, 0.1) is 11.1 Å². The second kappa shape index (κ2) is 7.06. The van der Waals surface area contributed by atoms with E-state index in [-0.39, 0.29) is 11.2 Å². The molecule has 0 atom stereocenters. The molecule has 3 aromatic rings. The zero-order valence-electron chi connectivity index (χ0n) is 13.9. The Kier molecular flexibility index (Phi) is 4.84. The van der Waals surface area contributed by atoms with E-state index in [1.165, 1.54) is 23.9 Å². The van der Waals surface area contributed by atoms with Gasteiger partial charge in [-0.2, -0.15) is 5.10 Å². The molecule has 0 N–H and O–H groups in total. The Morgan fingerprint density at radius 1 is 1.28 bits per heavy atom. The van der Waals surface area contributed by atoms with Gasteiger partial charge >= 0.3 is 0 Å². The minimum Gasteiger partial charge on any atom is -0.286 e. The van der Waals surface area contributed by atoms with E-state index in [9.17, 15) is 14.9 Å². The van der Waals surface area contributed by atoms with Crippen molar-refractivity contribution in [2.24, 2.45) is 0 Å². The lowest BCUT2D eigenvalue weighted by atomic mass is 10.2. The van der Waals surface area contributed by atoms with Crippen LogP contribution in [0.4, 0.5) is 5.69 Å². The van der Waals surface area contributed by atoms with E-state index in [1.54, 1.807) is 21.5 Å². The van der Waals surface area contributed by atoms with Crippen molar-refractivity contribution in [1.82, 2.24) is 19.3 Å². The number of aryl methyl sites for hydroxylation is 1. The van der Waals surface area contributed by atoms with Crippen LogP contribution in [0.15, 0.2) is 40.4 Å². The fourth-order valence-electron chi connectivity index (χ4n) is 2.48. The molecule has 0 saturated heterocycles. The number of non-ortho nitro benzene ring substituents is 1. The highest BCUT2D eigenvalue weighted by atomic mass is 32.2. The summed E-state index contributed by atoms with van der Waals surface area (Å²) in [5.41, 5.74) is 1.63. The topological polar surface area (TPSA) is 95.8 Å². The predicted molar refractivity (Wildman–Crippen MR) is 95.8 cm³/mol. The molecule has 2 heterocycles. The van der Waals surface area contributed by atoms with Gasteiger partial charge < -0.3 is 0 Å². The van der Waals surface area contributed by atoms with Crippen molar-refractivity contribution < 1.29 is 4.92 Å². The maximum Gasteiger partial charge on any atom is 0.282 e. The van der Waals surface area contributed by atoms with Crippen LogP contribution in [0.2, 0.25) is 0 Å². The Labute approximate surface area is 147 Å². The zero-order valence-corrected chi connectivity index (χ0v) is 14.7. The van der Waals surface area contributed by atoms with Gasteiger partial charge in [0, 0.05) is 31.0 Å². The van der Waals surface area contributed by atoms with Crippen LogP contribution in [-0.2, 0) is 18.8 Å². The molecule has 1 aromatic carbocycles. The van der Waals surface area contributed by atoms with E-state index in [1.807, 2.05) is 19.9 Å². The summed E-state index contributed by atoms with van der Waals surface area (Å²) < 4.78 is 3.27. The molecule has 0 aliphatic carbocycles. The highest BCUT2D eigenvalue weighted by Crippen LogP contribution is 2.24. The molecule has 0 radical (unpaired) electrons. The fraction of sp³-hybridized carbons (Fsp3) is 0.312. The third kappa shape index (κ3) is 3.41. The first kappa shape index (κ1) is 17.2.